The van der Waals surface area contributed by atoms with Crippen molar-refractivity contribution in [3.05, 3.63) is 30.1 Å². The molecule has 1 saturated carbocycles. The van der Waals surface area contributed by atoms with Crippen molar-refractivity contribution in [2.75, 3.05) is 23.7 Å². The van der Waals surface area contributed by atoms with Crippen molar-refractivity contribution < 1.29 is 22.4 Å². The largest absolute Gasteiger partial charge is 0.351 e. The summed E-state index contributed by atoms with van der Waals surface area (Å²) in [5, 5.41) is 3.07. The predicted octanol–water partition coefficient (Wildman–Crippen LogP) is 2.81. The molecule has 9 heteroatoms. The molecular weight excluding hydrogens is 421 g/mol. The van der Waals surface area contributed by atoms with Crippen LogP contribution in [0.15, 0.2) is 24.3 Å². The molecule has 2 amide bonds. The van der Waals surface area contributed by atoms with Crippen LogP contribution < -0.4 is 10.2 Å². The first-order valence-electron chi connectivity index (χ1n) is 11.0. The first kappa shape index (κ1) is 23.7. The number of halogens is 1. The highest BCUT2D eigenvalue weighted by atomic mass is 32.2. The molecule has 1 atom stereocenters. The van der Waals surface area contributed by atoms with Gasteiger partial charge in [-0.2, -0.15) is 4.31 Å². The number of piperazine rings is 1. The van der Waals surface area contributed by atoms with Gasteiger partial charge in [0.15, 0.2) is 0 Å². The lowest BCUT2D eigenvalue weighted by Gasteiger charge is -2.47. The molecule has 1 aromatic rings. The van der Waals surface area contributed by atoms with Crippen LogP contribution in [0.25, 0.3) is 0 Å². The highest BCUT2D eigenvalue weighted by Gasteiger charge is 2.51. The Morgan fingerprint density at radius 3 is 2.45 bits per heavy atom. The van der Waals surface area contributed by atoms with E-state index in [1.165, 1.54) is 36.4 Å². The average Bonchev–Trinajstić information content (AvgIpc) is 2.69. The molecule has 0 bridgehead atoms. The molecule has 1 saturated heterocycles. The van der Waals surface area contributed by atoms with E-state index in [-0.39, 0.29) is 30.6 Å². The maximum absolute atomic E-state index is 13.9. The van der Waals surface area contributed by atoms with E-state index in [9.17, 15) is 22.4 Å². The fourth-order valence-electron chi connectivity index (χ4n) is 4.50. The average molecular weight is 454 g/mol. The zero-order valence-corrected chi connectivity index (χ0v) is 19.1. The lowest BCUT2D eigenvalue weighted by atomic mass is 9.92. The highest BCUT2D eigenvalue weighted by Crippen LogP contribution is 2.31. The van der Waals surface area contributed by atoms with E-state index in [0.29, 0.717) is 0 Å². The van der Waals surface area contributed by atoms with Gasteiger partial charge in [-0.05, 0) is 44.9 Å². The number of hydrogen-bond donors (Lipinski definition) is 1. The molecule has 1 aromatic carbocycles. The topological polar surface area (TPSA) is 86.8 Å². The maximum Gasteiger partial charge on any atom is 0.247 e. The smallest absolute Gasteiger partial charge is 0.247 e. The van der Waals surface area contributed by atoms with Crippen LogP contribution in [0.2, 0.25) is 0 Å². The first-order valence-corrected chi connectivity index (χ1v) is 12.7. The Bertz CT molecular complexity index is 915. The van der Waals surface area contributed by atoms with Gasteiger partial charge < -0.3 is 5.32 Å². The Kier molecular flexibility index (Phi) is 7.36. The monoisotopic (exact) mass is 453 g/mol. The highest BCUT2D eigenvalue weighted by molar-refractivity contribution is 7.89. The van der Waals surface area contributed by atoms with E-state index >= 15 is 0 Å². The normalized spacial score (nSPS) is 24.5. The van der Waals surface area contributed by atoms with Gasteiger partial charge >= 0.3 is 0 Å². The zero-order chi connectivity index (χ0) is 22.6. The molecule has 3 rings (SSSR count). The number of rotatable bonds is 5. The molecule has 1 aliphatic carbocycles. The van der Waals surface area contributed by atoms with Gasteiger partial charge in [0.2, 0.25) is 21.8 Å². The van der Waals surface area contributed by atoms with E-state index in [0.717, 1.165) is 42.8 Å². The van der Waals surface area contributed by atoms with Crippen molar-refractivity contribution in [3.8, 4) is 0 Å². The number of anilines is 1. The molecule has 1 heterocycles. The van der Waals surface area contributed by atoms with Gasteiger partial charge in [0.05, 0.1) is 12.3 Å². The number of hydrogen-bond acceptors (Lipinski definition) is 4. The van der Waals surface area contributed by atoms with Gasteiger partial charge in [-0.1, -0.05) is 38.2 Å². The van der Waals surface area contributed by atoms with Gasteiger partial charge in [-0.15, -0.1) is 0 Å². The second-order valence-electron chi connectivity index (χ2n) is 8.67. The van der Waals surface area contributed by atoms with Crippen molar-refractivity contribution in [2.45, 2.75) is 70.4 Å². The Labute approximate surface area is 184 Å². The summed E-state index contributed by atoms with van der Waals surface area (Å²) in [6.45, 7) is 2.51. The van der Waals surface area contributed by atoms with E-state index in [1.54, 1.807) is 13.0 Å². The van der Waals surface area contributed by atoms with Crippen LogP contribution in [0, 0.1) is 5.82 Å². The quantitative estimate of drug-likeness (QED) is 0.743. The standard InChI is InChI=1S/C22H32FN3O4S/c1-3-31(29,30)25-15-20(27)26(19-13-9-10-17(23)14-19)22(2,16-25)21(28)24-18-11-7-5-4-6-8-12-18/h9-10,13-14,18H,3-8,11-12,15-16H2,1-2H3,(H,24,28)/t22-/m1/s1. The summed E-state index contributed by atoms with van der Waals surface area (Å²) in [5.74, 6) is -1.66. The minimum atomic E-state index is -3.68. The van der Waals surface area contributed by atoms with Gasteiger partial charge in [-0.3, -0.25) is 14.5 Å². The molecule has 1 N–H and O–H groups in total. The Morgan fingerprint density at radius 2 is 1.84 bits per heavy atom. The van der Waals surface area contributed by atoms with Gasteiger partial charge in [0.1, 0.15) is 11.4 Å². The van der Waals surface area contributed by atoms with Crippen molar-refractivity contribution >= 4 is 27.5 Å². The fourth-order valence-corrected chi connectivity index (χ4v) is 5.63. The van der Waals surface area contributed by atoms with Gasteiger partial charge in [-0.25, -0.2) is 12.8 Å². The number of amides is 2. The van der Waals surface area contributed by atoms with Gasteiger partial charge in [0, 0.05) is 18.3 Å². The number of sulfonamides is 1. The SMILES string of the molecule is CCS(=O)(=O)N1CC(=O)N(c2cccc(F)c2)[C@@](C)(C(=O)NC2CCCCCCC2)C1. The molecular formula is C22H32FN3O4S. The van der Waals surface area contributed by atoms with E-state index in [2.05, 4.69) is 5.32 Å². The lowest BCUT2D eigenvalue weighted by Crippen LogP contribution is -2.71. The fraction of sp³-hybridized carbons (Fsp3) is 0.636. The Morgan fingerprint density at radius 1 is 1.19 bits per heavy atom. The summed E-state index contributed by atoms with van der Waals surface area (Å²) in [4.78, 5) is 27.9. The molecule has 2 fully saturated rings. The number of benzene rings is 1. The minimum Gasteiger partial charge on any atom is -0.351 e. The molecule has 0 spiro atoms. The maximum atomic E-state index is 13.9. The number of nitrogens with one attached hydrogen (secondary N) is 1. The summed E-state index contributed by atoms with van der Waals surface area (Å²) >= 11 is 0. The van der Waals surface area contributed by atoms with Crippen LogP contribution in [0.5, 0.6) is 0 Å². The van der Waals surface area contributed by atoms with Crippen molar-refractivity contribution in [2.24, 2.45) is 0 Å². The van der Waals surface area contributed by atoms with Crippen molar-refractivity contribution in [1.82, 2.24) is 9.62 Å². The molecule has 1 aliphatic heterocycles. The minimum absolute atomic E-state index is 0.0211. The molecule has 0 unspecified atom stereocenters. The molecule has 7 nitrogen and oxygen atoms in total. The zero-order valence-electron chi connectivity index (χ0n) is 18.3. The number of carbonyl (C=O) groups is 2. The Balaban J connectivity index is 1.95. The third kappa shape index (κ3) is 5.26. The number of carbonyl (C=O) groups excluding carboxylic acids is 2. The first-order chi connectivity index (χ1) is 14.7. The summed E-state index contributed by atoms with van der Waals surface area (Å²) in [6, 6.07) is 5.47. The van der Waals surface area contributed by atoms with Crippen LogP contribution in [0.1, 0.15) is 58.8 Å². The summed E-state index contributed by atoms with van der Waals surface area (Å²) in [6.07, 6.45) is 7.19. The Hall–Kier alpha value is -2.00. The summed E-state index contributed by atoms with van der Waals surface area (Å²) in [7, 11) is -3.68. The molecule has 172 valence electrons. The third-order valence-corrected chi connectivity index (χ3v) is 8.07. The second-order valence-corrected chi connectivity index (χ2v) is 10.9. The number of nitrogens with zero attached hydrogens (tertiary/aromatic N) is 2. The molecule has 0 radical (unpaired) electrons. The lowest BCUT2D eigenvalue weighted by molar-refractivity contribution is -0.133. The van der Waals surface area contributed by atoms with E-state index in [1.807, 2.05) is 0 Å². The summed E-state index contributed by atoms with van der Waals surface area (Å²) < 4.78 is 40.1. The molecule has 0 aromatic heterocycles. The summed E-state index contributed by atoms with van der Waals surface area (Å²) in [5.41, 5.74) is -1.25. The van der Waals surface area contributed by atoms with Crippen LogP contribution in [-0.2, 0) is 19.6 Å². The van der Waals surface area contributed by atoms with Crippen molar-refractivity contribution in [3.63, 3.8) is 0 Å². The predicted molar refractivity (Wildman–Crippen MR) is 118 cm³/mol. The van der Waals surface area contributed by atoms with Crippen LogP contribution in [-0.4, -0.2) is 55.0 Å². The van der Waals surface area contributed by atoms with E-state index in [4.69, 9.17) is 0 Å². The van der Waals surface area contributed by atoms with Crippen LogP contribution >= 0.6 is 0 Å². The third-order valence-electron chi connectivity index (χ3n) is 6.29. The van der Waals surface area contributed by atoms with E-state index < -0.39 is 33.2 Å². The van der Waals surface area contributed by atoms with Crippen LogP contribution in [0.4, 0.5) is 10.1 Å². The second kappa shape index (κ2) is 9.65. The van der Waals surface area contributed by atoms with Gasteiger partial charge in [0.25, 0.3) is 0 Å². The van der Waals surface area contributed by atoms with Crippen LogP contribution in [0.3, 0.4) is 0 Å². The van der Waals surface area contributed by atoms with Crippen molar-refractivity contribution in [1.29, 1.82) is 0 Å². The molecule has 2 aliphatic rings. The molecule has 31 heavy (non-hydrogen) atoms.